The van der Waals surface area contributed by atoms with E-state index in [4.69, 9.17) is 0 Å². The number of hydrogen-bond acceptors (Lipinski definition) is 3. The average Bonchev–Trinajstić information content (AvgIpc) is 2.62. The van der Waals surface area contributed by atoms with Crippen LogP contribution in [0.25, 0.3) is 0 Å². The summed E-state index contributed by atoms with van der Waals surface area (Å²) in [7, 11) is 0. The lowest BCUT2D eigenvalue weighted by atomic mass is 9.91. The Morgan fingerprint density at radius 1 is 1.62 bits per heavy atom. The van der Waals surface area contributed by atoms with Crippen LogP contribution in [0, 0.1) is 5.92 Å². The summed E-state index contributed by atoms with van der Waals surface area (Å²) in [4.78, 5) is 19.8. The van der Waals surface area contributed by atoms with Crippen molar-refractivity contribution >= 4 is 17.8 Å². The van der Waals surface area contributed by atoms with Gasteiger partial charge in [-0.2, -0.15) is 0 Å². The highest BCUT2D eigenvalue weighted by molar-refractivity contribution is 6.18. The molecule has 3 rings (SSSR count). The third kappa shape index (κ3) is 0.715. The second-order valence-corrected chi connectivity index (χ2v) is 3.51. The second kappa shape index (κ2) is 2.14. The summed E-state index contributed by atoms with van der Waals surface area (Å²) in [5, 5.41) is 3.26. The minimum Gasteiger partial charge on any atom is -0.287 e. The van der Waals surface area contributed by atoms with Crippen LogP contribution in [0.1, 0.15) is 6.42 Å². The largest absolute Gasteiger partial charge is 0.287 e. The van der Waals surface area contributed by atoms with Crippen molar-refractivity contribution in [1.29, 1.82) is 0 Å². The summed E-state index contributed by atoms with van der Waals surface area (Å²) in [6, 6.07) is 0. The number of rotatable bonds is 0. The van der Waals surface area contributed by atoms with E-state index in [9.17, 15) is 4.79 Å². The molecule has 66 valence electrons. The Morgan fingerprint density at radius 3 is 3.46 bits per heavy atom. The Balaban J connectivity index is 2.18. The van der Waals surface area contributed by atoms with E-state index in [1.165, 1.54) is 0 Å². The number of aliphatic imine (C=N–C) groups is 2. The van der Waals surface area contributed by atoms with E-state index in [1.54, 1.807) is 6.21 Å². The highest BCUT2D eigenvalue weighted by atomic mass is 16.1. The number of nitrogens with zero attached hydrogens (tertiary/aromatic N) is 2. The van der Waals surface area contributed by atoms with E-state index < -0.39 is 5.66 Å². The first kappa shape index (κ1) is 7.15. The molecule has 13 heavy (non-hydrogen) atoms. The average molecular weight is 175 g/mol. The molecule has 3 aliphatic heterocycles. The first-order valence-electron chi connectivity index (χ1n) is 4.43. The fraction of sp³-hybridized carbons (Fsp3) is 0.444. The molecule has 0 aliphatic carbocycles. The molecule has 0 bridgehead atoms. The molecule has 4 heteroatoms. The zero-order chi connectivity index (χ0) is 8.89. The molecule has 1 N–H and O–H groups in total. The number of allylic oxidation sites excluding steroid dienone is 1. The summed E-state index contributed by atoms with van der Waals surface area (Å²) >= 11 is 0. The van der Waals surface area contributed by atoms with Crippen LogP contribution < -0.4 is 5.32 Å². The molecule has 1 amide bonds. The van der Waals surface area contributed by atoms with Gasteiger partial charge in [-0.25, -0.2) is 4.99 Å². The van der Waals surface area contributed by atoms with Gasteiger partial charge in [-0.15, -0.1) is 0 Å². The van der Waals surface area contributed by atoms with Gasteiger partial charge in [0, 0.05) is 6.21 Å². The maximum absolute atomic E-state index is 11.5. The summed E-state index contributed by atoms with van der Waals surface area (Å²) < 4.78 is 0. The van der Waals surface area contributed by atoms with E-state index in [1.807, 2.05) is 12.2 Å². The summed E-state index contributed by atoms with van der Waals surface area (Å²) in [6.45, 7) is 0.848. The van der Waals surface area contributed by atoms with Crippen LogP contribution in [0.4, 0.5) is 0 Å². The molecule has 1 fully saturated rings. The van der Waals surface area contributed by atoms with E-state index >= 15 is 0 Å². The molecular weight excluding hydrogens is 166 g/mol. The van der Waals surface area contributed by atoms with Crippen molar-refractivity contribution in [3.8, 4) is 0 Å². The summed E-state index contributed by atoms with van der Waals surface area (Å²) in [5.74, 6) is -0.0904. The van der Waals surface area contributed by atoms with Gasteiger partial charge < -0.3 is 0 Å². The van der Waals surface area contributed by atoms with Crippen molar-refractivity contribution in [2.45, 2.75) is 12.1 Å². The molecule has 2 unspecified atom stereocenters. The Bertz CT molecular complexity index is 369. The Labute approximate surface area is 75.5 Å². The zero-order valence-electron chi connectivity index (χ0n) is 7.03. The molecule has 0 aromatic carbocycles. The van der Waals surface area contributed by atoms with Crippen molar-refractivity contribution in [2.75, 3.05) is 6.54 Å². The molecule has 0 aromatic heterocycles. The van der Waals surface area contributed by atoms with Crippen LogP contribution in [0.5, 0.6) is 0 Å². The molecule has 0 radical (unpaired) electrons. The molecule has 0 saturated carbocycles. The van der Waals surface area contributed by atoms with Crippen LogP contribution in [0.2, 0.25) is 0 Å². The van der Waals surface area contributed by atoms with Crippen LogP contribution in [-0.4, -0.2) is 30.0 Å². The topological polar surface area (TPSA) is 53.8 Å². The third-order valence-corrected chi connectivity index (χ3v) is 2.87. The van der Waals surface area contributed by atoms with E-state index in [0.717, 1.165) is 18.7 Å². The maximum Gasteiger partial charge on any atom is 0.253 e. The molecule has 0 aromatic rings. The smallest absolute Gasteiger partial charge is 0.253 e. The van der Waals surface area contributed by atoms with Crippen LogP contribution in [0.15, 0.2) is 22.1 Å². The first-order valence-corrected chi connectivity index (χ1v) is 4.43. The van der Waals surface area contributed by atoms with E-state index in [0.29, 0.717) is 0 Å². The number of carbonyl (C=O) groups excluding carboxylic acids is 1. The highest BCUT2D eigenvalue weighted by Crippen LogP contribution is 2.37. The van der Waals surface area contributed by atoms with Gasteiger partial charge in [0.2, 0.25) is 0 Å². The minimum absolute atomic E-state index is 0.0244. The highest BCUT2D eigenvalue weighted by Gasteiger charge is 2.54. The summed E-state index contributed by atoms with van der Waals surface area (Å²) in [6.07, 6.45) is 6.27. The van der Waals surface area contributed by atoms with Crippen LogP contribution in [-0.2, 0) is 4.79 Å². The predicted octanol–water partition coefficient (Wildman–Crippen LogP) is -0.0860. The molecule has 2 atom stereocenters. The first-order chi connectivity index (χ1) is 6.33. The Hall–Kier alpha value is -1.29. The van der Waals surface area contributed by atoms with Crippen LogP contribution >= 0.6 is 0 Å². The number of amides is 1. The molecule has 3 heterocycles. The van der Waals surface area contributed by atoms with Gasteiger partial charge >= 0.3 is 0 Å². The SMILES string of the molecule is O=C1N=C2C=CC=NC23NCCC13. The molecule has 1 spiro atoms. The van der Waals surface area contributed by atoms with Gasteiger partial charge in [-0.1, -0.05) is 0 Å². The molecule has 3 aliphatic rings. The summed E-state index contributed by atoms with van der Waals surface area (Å²) in [5.41, 5.74) is 0.286. The third-order valence-electron chi connectivity index (χ3n) is 2.87. The van der Waals surface area contributed by atoms with Crippen LogP contribution in [0.3, 0.4) is 0 Å². The standard InChI is InChI=1S/C9H9N3O/c13-8-6-3-5-11-9(6)7(12-8)2-1-4-10-9/h1-2,4,6,11H,3,5H2. The van der Waals surface area contributed by atoms with Gasteiger partial charge in [0.15, 0.2) is 5.66 Å². The quantitative estimate of drug-likeness (QED) is 0.559. The Kier molecular flexibility index (Phi) is 1.18. The van der Waals surface area contributed by atoms with Crippen molar-refractivity contribution in [1.82, 2.24) is 5.32 Å². The van der Waals surface area contributed by atoms with Crippen molar-refractivity contribution in [3.05, 3.63) is 12.2 Å². The van der Waals surface area contributed by atoms with E-state index in [-0.39, 0.29) is 11.8 Å². The molecular formula is C9H9N3O. The number of nitrogens with one attached hydrogen (secondary N) is 1. The monoisotopic (exact) mass is 175 g/mol. The normalized spacial score (nSPS) is 40.5. The van der Waals surface area contributed by atoms with Gasteiger partial charge in [-0.3, -0.25) is 15.1 Å². The van der Waals surface area contributed by atoms with Crippen molar-refractivity contribution in [3.63, 3.8) is 0 Å². The number of carbonyl (C=O) groups is 1. The van der Waals surface area contributed by atoms with Crippen molar-refractivity contribution in [2.24, 2.45) is 15.9 Å². The van der Waals surface area contributed by atoms with Gasteiger partial charge in [0.1, 0.15) is 0 Å². The predicted molar refractivity (Wildman–Crippen MR) is 48.9 cm³/mol. The second-order valence-electron chi connectivity index (χ2n) is 3.51. The van der Waals surface area contributed by atoms with Gasteiger partial charge in [0.25, 0.3) is 5.91 Å². The number of hydrogen-bond donors (Lipinski definition) is 1. The lowest BCUT2D eigenvalue weighted by molar-refractivity contribution is -0.121. The van der Waals surface area contributed by atoms with E-state index in [2.05, 4.69) is 15.3 Å². The fourth-order valence-electron chi connectivity index (χ4n) is 2.25. The zero-order valence-corrected chi connectivity index (χ0v) is 7.03. The maximum atomic E-state index is 11.5. The lowest BCUT2D eigenvalue weighted by Gasteiger charge is -2.25. The van der Waals surface area contributed by atoms with Gasteiger partial charge in [-0.05, 0) is 25.1 Å². The van der Waals surface area contributed by atoms with Gasteiger partial charge in [0.05, 0.1) is 11.6 Å². The minimum atomic E-state index is -0.494. The van der Waals surface area contributed by atoms with Crippen molar-refractivity contribution < 1.29 is 4.79 Å². The fourth-order valence-corrected chi connectivity index (χ4v) is 2.25. The molecule has 1 saturated heterocycles. The Morgan fingerprint density at radius 2 is 2.54 bits per heavy atom. The number of dihydropyridines is 1. The lowest BCUT2D eigenvalue weighted by Crippen LogP contribution is -2.48. The molecule has 4 nitrogen and oxygen atoms in total.